The molecule has 4 heteroatoms. The van der Waals surface area contributed by atoms with Gasteiger partial charge in [0.2, 0.25) is 0 Å². The lowest BCUT2D eigenvalue weighted by Crippen LogP contribution is -3.20. The van der Waals surface area contributed by atoms with E-state index in [4.69, 9.17) is 4.74 Å². The van der Waals surface area contributed by atoms with Crippen LogP contribution in [0.5, 0.6) is 5.75 Å². The normalized spacial score (nSPS) is 26.5. The number of rotatable bonds is 6. The highest BCUT2D eigenvalue weighted by molar-refractivity contribution is 5.97. The van der Waals surface area contributed by atoms with Gasteiger partial charge in [-0.1, -0.05) is 42.5 Å². The lowest BCUT2D eigenvalue weighted by Gasteiger charge is -2.46. The Bertz CT molecular complexity index is 778. The predicted octanol–water partition coefficient (Wildman–Crippen LogP) is 2.98. The first-order chi connectivity index (χ1) is 13.7. The van der Waals surface area contributed by atoms with Gasteiger partial charge in [-0.05, 0) is 38.3 Å². The molecule has 2 N–H and O–H groups in total. The molecule has 0 spiro atoms. The Labute approximate surface area is 167 Å². The molecule has 2 aliphatic heterocycles. The number of nitrogens with one attached hydrogen (secondary N) is 2. The number of hydrogen-bond donors (Lipinski definition) is 2. The zero-order valence-electron chi connectivity index (χ0n) is 16.7. The number of hydrogen-bond acceptors (Lipinski definition) is 2. The van der Waals surface area contributed by atoms with Gasteiger partial charge in [0.15, 0.2) is 0 Å². The molecule has 0 aliphatic carbocycles. The smallest absolute Gasteiger partial charge is 0.255 e. The Morgan fingerprint density at radius 3 is 2.43 bits per heavy atom. The van der Waals surface area contributed by atoms with Crippen molar-refractivity contribution in [1.82, 2.24) is 5.32 Å². The van der Waals surface area contributed by atoms with Crippen molar-refractivity contribution in [2.45, 2.75) is 63.7 Å². The van der Waals surface area contributed by atoms with Crippen LogP contribution in [0.1, 0.15) is 54.9 Å². The summed E-state index contributed by atoms with van der Waals surface area (Å²) in [6.07, 6.45) is 5.99. The summed E-state index contributed by atoms with van der Waals surface area (Å²) in [6.45, 7) is 3.61. The van der Waals surface area contributed by atoms with Crippen LogP contribution in [0.4, 0.5) is 0 Å². The minimum absolute atomic E-state index is 0.00127. The van der Waals surface area contributed by atoms with Crippen molar-refractivity contribution < 1.29 is 14.4 Å². The van der Waals surface area contributed by atoms with Gasteiger partial charge >= 0.3 is 0 Å². The molecule has 2 aromatic rings. The lowest BCUT2D eigenvalue weighted by atomic mass is 9.81. The average molecular weight is 380 g/mol. The van der Waals surface area contributed by atoms with Gasteiger partial charge in [0.1, 0.15) is 12.3 Å². The van der Waals surface area contributed by atoms with Crippen molar-refractivity contribution >= 4 is 5.91 Å². The maximum Gasteiger partial charge on any atom is 0.255 e. The standard InChI is InChI=1S/C24H30N2O2/c1-2-28-23-14-7-6-13-22(23)24(27)25-19-15-20-11-8-12-21(16-19)26(20)17-18-9-4-3-5-10-18/h3-7,9-10,13-14,19-21H,2,8,11-12,15-17H2,1H3,(H,25,27)/p+1/t19?,20-,21+. The van der Waals surface area contributed by atoms with Gasteiger partial charge in [-0.25, -0.2) is 0 Å². The number of benzene rings is 2. The summed E-state index contributed by atoms with van der Waals surface area (Å²) >= 11 is 0. The molecule has 0 aromatic heterocycles. The van der Waals surface area contributed by atoms with E-state index in [1.54, 1.807) is 4.90 Å². The molecule has 4 atom stereocenters. The third-order valence-corrected chi connectivity index (χ3v) is 6.31. The van der Waals surface area contributed by atoms with Gasteiger partial charge in [0.25, 0.3) is 5.91 Å². The molecule has 4 rings (SSSR count). The van der Waals surface area contributed by atoms with Crippen LogP contribution in [-0.4, -0.2) is 30.6 Å². The van der Waals surface area contributed by atoms with Crippen LogP contribution in [-0.2, 0) is 6.54 Å². The summed E-state index contributed by atoms with van der Waals surface area (Å²) in [4.78, 5) is 14.6. The number of carbonyl (C=O) groups excluding carboxylic acids is 1. The second-order valence-corrected chi connectivity index (χ2v) is 8.13. The van der Waals surface area contributed by atoms with E-state index in [9.17, 15) is 4.79 Å². The molecule has 2 heterocycles. The van der Waals surface area contributed by atoms with Gasteiger partial charge in [0, 0.05) is 24.4 Å². The number of para-hydroxylation sites is 1. The fourth-order valence-electron chi connectivity index (χ4n) is 5.07. The van der Waals surface area contributed by atoms with Crippen LogP contribution in [0.25, 0.3) is 0 Å². The maximum absolute atomic E-state index is 12.9. The Kier molecular flexibility index (Phi) is 5.96. The molecule has 2 saturated heterocycles. The molecule has 28 heavy (non-hydrogen) atoms. The first-order valence-electron chi connectivity index (χ1n) is 10.7. The summed E-state index contributed by atoms with van der Waals surface area (Å²) in [6, 6.07) is 19.9. The van der Waals surface area contributed by atoms with Crippen molar-refractivity contribution in [3.8, 4) is 5.75 Å². The van der Waals surface area contributed by atoms with Gasteiger partial charge in [-0.15, -0.1) is 0 Å². The van der Waals surface area contributed by atoms with Crippen molar-refractivity contribution in [2.24, 2.45) is 0 Å². The minimum Gasteiger partial charge on any atom is -0.493 e. The fourth-order valence-corrected chi connectivity index (χ4v) is 5.07. The highest BCUT2D eigenvalue weighted by Crippen LogP contribution is 2.24. The van der Waals surface area contributed by atoms with E-state index in [1.165, 1.54) is 24.8 Å². The molecule has 0 radical (unpaired) electrons. The number of amides is 1. The number of fused-ring (bicyclic) bond motifs is 2. The molecule has 2 bridgehead atoms. The molecular formula is C24H31N2O2+. The number of carbonyl (C=O) groups is 1. The third kappa shape index (κ3) is 4.22. The zero-order chi connectivity index (χ0) is 19.3. The van der Waals surface area contributed by atoms with Crippen LogP contribution in [0.15, 0.2) is 54.6 Å². The van der Waals surface area contributed by atoms with Crippen LogP contribution in [0.3, 0.4) is 0 Å². The predicted molar refractivity (Wildman–Crippen MR) is 111 cm³/mol. The molecule has 1 amide bonds. The lowest BCUT2D eigenvalue weighted by molar-refractivity contribution is -0.973. The minimum atomic E-state index is -0.00127. The molecule has 2 fully saturated rings. The first kappa shape index (κ1) is 19.0. The van der Waals surface area contributed by atoms with E-state index in [0.717, 1.165) is 19.4 Å². The SMILES string of the molecule is CCOc1ccccc1C(=O)NC1C[C@H]2CCC[C@@H](C1)[NH+]2Cc1ccccc1. The summed E-state index contributed by atoms with van der Waals surface area (Å²) < 4.78 is 5.64. The van der Waals surface area contributed by atoms with E-state index in [1.807, 2.05) is 31.2 Å². The molecule has 2 aliphatic rings. The average Bonchev–Trinajstić information content (AvgIpc) is 2.70. The van der Waals surface area contributed by atoms with Crippen LogP contribution < -0.4 is 15.0 Å². The Hall–Kier alpha value is -2.33. The highest BCUT2D eigenvalue weighted by atomic mass is 16.5. The maximum atomic E-state index is 12.9. The van der Waals surface area contributed by atoms with Crippen LogP contribution in [0, 0.1) is 0 Å². The van der Waals surface area contributed by atoms with Gasteiger partial charge < -0.3 is 15.0 Å². The molecule has 148 valence electrons. The Morgan fingerprint density at radius 1 is 1.04 bits per heavy atom. The number of ether oxygens (including phenoxy) is 1. The van der Waals surface area contributed by atoms with Gasteiger partial charge in [0.05, 0.1) is 24.3 Å². The van der Waals surface area contributed by atoms with Gasteiger partial charge in [-0.2, -0.15) is 0 Å². The summed E-state index contributed by atoms with van der Waals surface area (Å²) in [5.74, 6) is 0.675. The molecule has 2 unspecified atom stereocenters. The fraction of sp³-hybridized carbons (Fsp3) is 0.458. The van der Waals surface area contributed by atoms with Gasteiger partial charge in [-0.3, -0.25) is 4.79 Å². The topological polar surface area (TPSA) is 42.8 Å². The van der Waals surface area contributed by atoms with Crippen molar-refractivity contribution in [2.75, 3.05) is 6.61 Å². The van der Waals surface area contributed by atoms with Crippen LogP contribution >= 0.6 is 0 Å². The van der Waals surface area contributed by atoms with E-state index in [2.05, 4.69) is 35.6 Å². The van der Waals surface area contributed by atoms with E-state index in [0.29, 0.717) is 30.0 Å². The summed E-state index contributed by atoms with van der Waals surface area (Å²) in [5.41, 5.74) is 2.07. The second-order valence-electron chi connectivity index (χ2n) is 8.13. The summed E-state index contributed by atoms with van der Waals surface area (Å²) in [5, 5.41) is 3.31. The van der Waals surface area contributed by atoms with E-state index in [-0.39, 0.29) is 11.9 Å². The highest BCUT2D eigenvalue weighted by Gasteiger charge is 2.42. The molecule has 0 saturated carbocycles. The molecule has 2 aromatic carbocycles. The summed E-state index contributed by atoms with van der Waals surface area (Å²) in [7, 11) is 0. The van der Waals surface area contributed by atoms with Crippen molar-refractivity contribution in [3.63, 3.8) is 0 Å². The van der Waals surface area contributed by atoms with Crippen LogP contribution in [0.2, 0.25) is 0 Å². The monoisotopic (exact) mass is 379 g/mol. The van der Waals surface area contributed by atoms with Crippen molar-refractivity contribution in [3.05, 3.63) is 65.7 Å². The second kappa shape index (κ2) is 8.78. The Morgan fingerprint density at radius 2 is 1.71 bits per heavy atom. The number of piperidine rings is 2. The molecule has 4 nitrogen and oxygen atoms in total. The van der Waals surface area contributed by atoms with Crippen molar-refractivity contribution in [1.29, 1.82) is 0 Å². The first-order valence-corrected chi connectivity index (χ1v) is 10.7. The number of quaternary nitrogens is 1. The van der Waals surface area contributed by atoms with E-state index < -0.39 is 0 Å². The Balaban J connectivity index is 1.42. The zero-order valence-corrected chi connectivity index (χ0v) is 16.7. The third-order valence-electron chi connectivity index (χ3n) is 6.31. The molecular weight excluding hydrogens is 348 g/mol. The largest absolute Gasteiger partial charge is 0.493 e. The van der Waals surface area contributed by atoms with E-state index >= 15 is 0 Å². The quantitative estimate of drug-likeness (QED) is 0.810.